The van der Waals surface area contributed by atoms with Crippen molar-refractivity contribution in [1.29, 1.82) is 0 Å². The molecule has 0 aromatic heterocycles. The molecule has 1 aromatic rings. The van der Waals surface area contributed by atoms with E-state index < -0.39 is 0 Å². The molecule has 4 nitrogen and oxygen atoms in total. The van der Waals surface area contributed by atoms with E-state index in [0.29, 0.717) is 25.2 Å². The van der Waals surface area contributed by atoms with E-state index in [1.54, 1.807) is 24.3 Å². The fourth-order valence-electron chi connectivity index (χ4n) is 1.39. The molecular formula is C13H18N2O2. The van der Waals surface area contributed by atoms with E-state index in [9.17, 15) is 9.59 Å². The second-order valence-electron chi connectivity index (χ2n) is 3.72. The van der Waals surface area contributed by atoms with Crippen molar-refractivity contribution in [3.8, 4) is 0 Å². The van der Waals surface area contributed by atoms with Gasteiger partial charge in [-0.25, -0.2) is 0 Å². The third-order valence-corrected chi connectivity index (χ3v) is 2.24. The molecule has 0 spiro atoms. The van der Waals surface area contributed by atoms with Gasteiger partial charge in [0.05, 0.1) is 5.69 Å². The van der Waals surface area contributed by atoms with Gasteiger partial charge in [-0.15, -0.1) is 0 Å². The Balaban J connectivity index is 2.34. The number of carbonyl (C=O) groups excluding carboxylic acids is 1. The predicted octanol–water partition coefficient (Wildman–Crippen LogP) is 1.38. The molecule has 0 aliphatic carbocycles. The number of anilines is 1. The number of amides is 1. The van der Waals surface area contributed by atoms with Crippen molar-refractivity contribution in [3.05, 3.63) is 40.6 Å². The maximum Gasteiger partial charge on any atom is 0.220 e. The topological polar surface area (TPSA) is 58.2 Å². The summed E-state index contributed by atoms with van der Waals surface area (Å²) in [6, 6.07) is 8.56. The molecule has 0 atom stereocenters. The summed E-state index contributed by atoms with van der Waals surface area (Å²) in [6.07, 6.45) is 1.39. The molecule has 1 aromatic carbocycles. The van der Waals surface area contributed by atoms with E-state index in [1.807, 2.05) is 6.92 Å². The Morgan fingerprint density at radius 3 is 2.71 bits per heavy atom. The molecule has 2 N–H and O–H groups in total. The Morgan fingerprint density at radius 1 is 1.18 bits per heavy atom. The van der Waals surface area contributed by atoms with Gasteiger partial charge in [-0.05, 0) is 18.6 Å². The lowest BCUT2D eigenvalue weighted by atomic mass is 10.3. The molecule has 0 saturated heterocycles. The summed E-state index contributed by atoms with van der Waals surface area (Å²) in [4.78, 5) is 22.7. The average molecular weight is 234 g/mol. The lowest BCUT2D eigenvalue weighted by molar-refractivity contribution is -0.121. The van der Waals surface area contributed by atoms with Gasteiger partial charge < -0.3 is 10.6 Å². The van der Waals surface area contributed by atoms with Crippen LogP contribution in [0.25, 0.3) is 0 Å². The van der Waals surface area contributed by atoms with Gasteiger partial charge in [0.1, 0.15) is 0 Å². The molecule has 1 amide bonds. The molecule has 0 bridgehead atoms. The first-order valence-electron chi connectivity index (χ1n) is 5.84. The first-order valence-corrected chi connectivity index (χ1v) is 5.84. The average Bonchev–Trinajstić information content (AvgIpc) is 2.50. The van der Waals surface area contributed by atoms with E-state index in [2.05, 4.69) is 10.6 Å². The molecule has 0 unspecified atom stereocenters. The minimum absolute atomic E-state index is 0.0464. The van der Waals surface area contributed by atoms with Gasteiger partial charge in [0.2, 0.25) is 11.3 Å². The maximum absolute atomic E-state index is 11.5. The standard InChI is InChI=1S/C13H18N2O2/c1-2-6-13(17)15-10-9-14-11-7-4-3-5-8-12(11)16/h3-5,7-8H,2,6,9-10H2,1H3,(H,14,16)(H,15,17). The lowest BCUT2D eigenvalue weighted by Crippen LogP contribution is -2.29. The van der Waals surface area contributed by atoms with Crippen molar-refractivity contribution in [1.82, 2.24) is 5.32 Å². The molecule has 92 valence electrons. The molecule has 0 aliphatic heterocycles. The van der Waals surface area contributed by atoms with Crippen LogP contribution in [-0.2, 0) is 4.79 Å². The first kappa shape index (κ1) is 13.2. The minimum Gasteiger partial charge on any atom is -0.380 e. The van der Waals surface area contributed by atoms with Crippen molar-refractivity contribution in [3.63, 3.8) is 0 Å². The zero-order valence-corrected chi connectivity index (χ0v) is 10.0. The molecule has 0 saturated carbocycles. The van der Waals surface area contributed by atoms with Crippen LogP contribution in [0.15, 0.2) is 35.1 Å². The molecule has 4 heteroatoms. The number of hydrogen-bond acceptors (Lipinski definition) is 3. The van der Waals surface area contributed by atoms with E-state index in [-0.39, 0.29) is 11.3 Å². The molecular weight excluding hydrogens is 216 g/mol. The summed E-state index contributed by atoms with van der Waals surface area (Å²) in [5, 5.41) is 5.78. The molecule has 1 rings (SSSR count). The Morgan fingerprint density at radius 2 is 1.94 bits per heavy atom. The van der Waals surface area contributed by atoms with E-state index in [4.69, 9.17) is 0 Å². The van der Waals surface area contributed by atoms with Crippen LogP contribution in [0, 0.1) is 0 Å². The quantitative estimate of drug-likeness (QED) is 0.731. The van der Waals surface area contributed by atoms with Crippen molar-refractivity contribution in [2.24, 2.45) is 0 Å². The van der Waals surface area contributed by atoms with E-state index in [0.717, 1.165) is 6.42 Å². The Labute approximate surface area is 101 Å². The summed E-state index contributed by atoms with van der Waals surface area (Å²) in [5.41, 5.74) is 0.509. The molecule has 0 radical (unpaired) electrons. The predicted molar refractivity (Wildman–Crippen MR) is 69.1 cm³/mol. The Kier molecular flexibility index (Phi) is 5.79. The highest BCUT2D eigenvalue weighted by atomic mass is 16.1. The molecule has 0 heterocycles. The summed E-state index contributed by atoms with van der Waals surface area (Å²) in [7, 11) is 0. The van der Waals surface area contributed by atoms with Gasteiger partial charge in [-0.1, -0.05) is 25.1 Å². The summed E-state index contributed by atoms with van der Waals surface area (Å²) in [6.45, 7) is 3.04. The fraction of sp³-hybridized carbons (Fsp3) is 0.385. The van der Waals surface area contributed by atoms with Gasteiger partial charge in [-0.2, -0.15) is 0 Å². The highest BCUT2D eigenvalue weighted by Crippen LogP contribution is 1.95. The van der Waals surface area contributed by atoms with Crippen LogP contribution in [0.5, 0.6) is 0 Å². The summed E-state index contributed by atoms with van der Waals surface area (Å²) in [5.74, 6) is 0.0512. The van der Waals surface area contributed by atoms with E-state index >= 15 is 0 Å². The van der Waals surface area contributed by atoms with Crippen molar-refractivity contribution < 1.29 is 4.79 Å². The fourth-order valence-corrected chi connectivity index (χ4v) is 1.39. The van der Waals surface area contributed by atoms with Gasteiger partial charge >= 0.3 is 0 Å². The smallest absolute Gasteiger partial charge is 0.220 e. The Bertz CT molecular complexity index is 418. The Hall–Kier alpha value is -1.84. The van der Waals surface area contributed by atoms with Crippen LogP contribution in [0.3, 0.4) is 0 Å². The van der Waals surface area contributed by atoms with Crippen molar-refractivity contribution in [2.45, 2.75) is 19.8 Å². The molecule has 0 fully saturated rings. The zero-order valence-electron chi connectivity index (χ0n) is 10.0. The summed E-state index contributed by atoms with van der Waals surface area (Å²) < 4.78 is 0. The third-order valence-electron chi connectivity index (χ3n) is 2.24. The van der Waals surface area contributed by atoms with Crippen LogP contribution in [0.2, 0.25) is 0 Å². The third kappa shape index (κ3) is 5.15. The van der Waals surface area contributed by atoms with Crippen LogP contribution < -0.4 is 16.1 Å². The molecule has 0 aliphatic rings. The van der Waals surface area contributed by atoms with E-state index in [1.165, 1.54) is 6.07 Å². The first-order chi connectivity index (χ1) is 8.24. The normalized spacial score (nSPS) is 9.71. The zero-order chi connectivity index (χ0) is 12.5. The van der Waals surface area contributed by atoms with Crippen molar-refractivity contribution in [2.75, 3.05) is 18.4 Å². The largest absolute Gasteiger partial charge is 0.380 e. The molecule has 17 heavy (non-hydrogen) atoms. The van der Waals surface area contributed by atoms with Crippen LogP contribution in [0.1, 0.15) is 19.8 Å². The maximum atomic E-state index is 11.5. The number of nitrogens with one attached hydrogen (secondary N) is 2. The monoisotopic (exact) mass is 234 g/mol. The van der Waals surface area contributed by atoms with Crippen LogP contribution in [0.4, 0.5) is 5.69 Å². The van der Waals surface area contributed by atoms with Gasteiger partial charge in [0.15, 0.2) is 0 Å². The van der Waals surface area contributed by atoms with Gasteiger partial charge in [0, 0.05) is 19.5 Å². The van der Waals surface area contributed by atoms with Crippen molar-refractivity contribution >= 4 is 11.6 Å². The summed E-state index contributed by atoms with van der Waals surface area (Å²) >= 11 is 0. The van der Waals surface area contributed by atoms with Crippen LogP contribution in [-0.4, -0.2) is 19.0 Å². The second-order valence-corrected chi connectivity index (χ2v) is 3.72. The highest BCUT2D eigenvalue weighted by Gasteiger charge is 1.98. The number of hydrogen-bond donors (Lipinski definition) is 2. The number of carbonyl (C=O) groups is 1. The van der Waals surface area contributed by atoms with Gasteiger partial charge in [-0.3, -0.25) is 9.59 Å². The minimum atomic E-state index is -0.0464. The van der Waals surface area contributed by atoms with Gasteiger partial charge in [0.25, 0.3) is 0 Å². The second kappa shape index (κ2) is 7.44. The SMILES string of the molecule is CCCC(=O)NCCNc1cccccc1=O. The highest BCUT2D eigenvalue weighted by molar-refractivity contribution is 5.75. The lowest BCUT2D eigenvalue weighted by Gasteiger charge is -2.05. The van der Waals surface area contributed by atoms with Crippen LogP contribution >= 0.6 is 0 Å². The number of rotatable bonds is 6.